The van der Waals surface area contributed by atoms with Gasteiger partial charge in [-0.05, 0) is 0 Å². The Morgan fingerprint density at radius 1 is 1.64 bits per heavy atom. The first-order valence-electron chi connectivity index (χ1n) is 4.17. The number of rotatable bonds is 3. The molecule has 76 valence electrons. The van der Waals surface area contributed by atoms with E-state index in [0.29, 0.717) is 13.2 Å². The monoisotopic (exact) mass is 198 g/mol. The highest BCUT2D eigenvalue weighted by Crippen LogP contribution is 2.20. The largest absolute Gasteiger partial charge is 0.487 e. The molecule has 1 aliphatic rings. The van der Waals surface area contributed by atoms with Gasteiger partial charge in [0.2, 0.25) is 5.75 Å². The van der Waals surface area contributed by atoms with E-state index in [1.165, 1.54) is 13.4 Å². The predicted octanol–water partition coefficient (Wildman–Crippen LogP) is -0.444. The van der Waals surface area contributed by atoms with Crippen molar-refractivity contribution in [1.29, 1.82) is 0 Å². The molecule has 1 N–H and O–H groups in total. The van der Waals surface area contributed by atoms with Crippen LogP contribution >= 0.6 is 0 Å². The minimum atomic E-state index is -0.349. The lowest BCUT2D eigenvalue weighted by molar-refractivity contribution is -0.0821. The summed E-state index contributed by atoms with van der Waals surface area (Å²) in [5, 5.41) is 0. The summed E-state index contributed by atoms with van der Waals surface area (Å²) in [7, 11) is 1.40. The van der Waals surface area contributed by atoms with Crippen LogP contribution in [0.1, 0.15) is 0 Å². The maximum Gasteiger partial charge on any atom is 0.297 e. The van der Waals surface area contributed by atoms with E-state index in [1.54, 1.807) is 0 Å². The molecule has 0 spiro atoms. The van der Waals surface area contributed by atoms with Gasteiger partial charge >= 0.3 is 0 Å². The van der Waals surface area contributed by atoms with Crippen LogP contribution in [0.25, 0.3) is 0 Å². The third-order valence-corrected chi connectivity index (χ3v) is 1.87. The van der Waals surface area contributed by atoms with E-state index in [-0.39, 0.29) is 23.3 Å². The highest BCUT2D eigenvalue weighted by molar-refractivity contribution is 5.29. The Morgan fingerprint density at radius 2 is 2.43 bits per heavy atom. The molecule has 0 bridgehead atoms. The molecule has 2 rings (SSSR count). The number of aromatic amines is 1. The molecular formula is C8H10N2O4. The molecule has 6 heteroatoms. The van der Waals surface area contributed by atoms with E-state index < -0.39 is 0 Å². The second-order valence-corrected chi connectivity index (χ2v) is 2.85. The summed E-state index contributed by atoms with van der Waals surface area (Å²) in [5.41, 5.74) is -0.349. The second kappa shape index (κ2) is 3.67. The number of ether oxygens (including phenoxy) is 3. The van der Waals surface area contributed by atoms with Crippen molar-refractivity contribution in [3.63, 3.8) is 0 Å². The number of nitrogens with zero attached hydrogens (tertiary/aromatic N) is 1. The van der Waals surface area contributed by atoms with Gasteiger partial charge in [-0.15, -0.1) is 0 Å². The van der Waals surface area contributed by atoms with E-state index in [0.717, 1.165) is 0 Å². The second-order valence-electron chi connectivity index (χ2n) is 2.85. The first kappa shape index (κ1) is 9.01. The fourth-order valence-electron chi connectivity index (χ4n) is 1.07. The van der Waals surface area contributed by atoms with E-state index in [1.807, 2.05) is 0 Å². The van der Waals surface area contributed by atoms with Crippen molar-refractivity contribution in [2.24, 2.45) is 0 Å². The Labute approximate surface area is 79.8 Å². The molecule has 1 aromatic rings. The Morgan fingerprint density at radius 3 is 3.00 bits per heavy atom. The van der Waals surface area contributed by atoms with Gasteiger partial charge in [0.15, 0.2) is 0 Å². The average molecular weight is 198 g/mol. The molecule has 0 aliphatic carbocycles. The molecule has 6 nitrogen and oxygen atoms in total. The van der Waals surface area contributed by atoms with Gasteiger partial charge in [0.25, 0.3) is 11.4 Å². The van der Waals surface area contributed by atoms with Crippen molar-refractivity contribution in [3.8, 4) is 11.6 Å². The Bertz CT molecular complexity index is 372. The van der Waals surface area contributed by atoms with Gasteiger partial charge < -0.3 is 19.2 Å². The van der Waals surface area contributed by atoms with E-state index in [2.05, 4.69) is 9.97 Å². The lowest BCUT2D eigenvalue weighted by Gasteiger charge is -2.26. The number of H-pyrrole nitrogens is 1. The van der Waals surface area contributed by atoms with Crippen molar-refractivity contribution < 1.29 is 14.2 Å². The fourth-order valence-corrected chi connectivity index (χ4v) is 1.07. The van der Waals surface area contributed by atoms with Crippen molar-refractivity contribution in [3.05, 3.63) is 16.7 Å². The van der Waals surface area contributed by atoms with Gasteiger partial charge in [0, 0.05) is 0 Å². The molecule has 1 fully saturated rings. The van der Waals surface area contributed by atoms with Crippen LogP contribution in [0.15, 0.2) is 11.1 Å². The number of nitrogens with one attached hydrogen (secondary N) is 1. The summed E-state index contributed by atoms with van der Waals surface area (Å²) >= 11 is 0. The van der Waals surface area contributed by atoms with Gasteiger partial charge in [-0.25, -0.2) is 4.98 Å². The Hall–Kier alpha value is -1.56. The molecule has 1 aromatic heterocycles. The lowest BCUT2D eigenvalue weighted by Crippen LogP contribution is -2.39. The summed E-state index contributed by atoms with van der Waals surface area (Å²) in [6.07, 6.45) is 1.25. The standard InChI is InChI=1S/C8H10N2O4/c1-12-6-7(11)9-4-10-8(6)14-5-2-13-3-5/h4-5H,2-3H2,1H3,(H,9,10,11). The summed E-state index contributed by atoms with van der Waals surface area (Å²) in [5.74, 6) is 0.309. The molecule has 0 saturated carbocycles. The zero-order valence-electron chi connectivity index (χ0n) is 7.65. The smallest absolute Gasteiger partial charge is 0.297 e. The first-order chi connectivity index (χ1) is 6.81. The predicted molar refractivity (Wildman–Crippen MR) is 46.6 cm³/mol. The molecule has 2 heterocycles. The maximum atomic E-state index is 11.2. The SMILES string of the molecule is COc1c(OC2COC2)nc[nH]c1=O. The van der Waals surface area contributed by atoms with Crippen LogP contribution < -0.4 is 15.0 Å². The van der Waals surface area contributed by atoms with Gasteiger partial charge in [-0.1, -0.05) is 0 Å². The Kier molecular flexibility index (Phi) is 2.36. The Balaban J connectivity index is 2.22. The molecule has 0 aromatic carbocycles. The van der Waals surface area contributed by atoms with Crippen molar-refractivity contribution >= 4 is 0 Å². The molecule has 1 aliphatic heterocycles. The third-order valence-electron chi connectivity index (χ3n) is 1.87. The minimum absolute atomic E-state index is 0.0294. The molecular weight excluding hydrogens is 188 g/mol. The lowest BCUT2D eigenvalue weighted by atomic mass is 10.3. The molecule has 0 unspecified atom stereocenters. The van der Waals surface area contributed by atoms with Gasteiger partial charge in [0.05, 0.1) is 26.7 Å². The van der Waals surface area contributed by atoms with Crippen LogP contribution in [0, 0.1) is 0 Å². The molecule has 1 saturated heterocycles. The first-order valence-corrected chi connectivity index (χ1v) is 4.17. The molecule has 0 atom stereocenters. The van der Waals surface area contributed by atoms with Crippen molar-refractivity contribution in [2.45, 2.75) is 6.10 Å². The molecule has 14 heavy (non-hydrogen) atoms. The summed E-state index contributed by atoms with van der Waals surface area (Å²) in [4.78, 5) is 17.5. The zero-order valence-corrected chi connectivity index (χ0v) is 7.65. The molecule has 0 radical (unpaired) electrons. The highest BCUT2D eigenvalue weighted by Gasteiger charge is 2.23. The van der Waals surface area contributed by atoms with E-state index in [9.17, 15) is 4.79 Å². The van der Waals surface area contributed by atoms with Gasteiger partial charge in [-0.3, -0.25) is 4.79 Å². The van der Waals surface area contributed by atoms with Gasteiger partial charge in [-0.2, -0.15) is 0 Å². The third kappa shape index (κ3) is 1.56. The number of methoxy groups -OCH3 is 1. The normalized spacial score (nSPS) is 16.1. The highest BCUT2D eigenvalue weighted by atomic mass is 16.6. The quantitative estimate of drug-likeness (QED) is 0.712. The molecule has 0 amide bonds. The van der Waals surface area contributed by atoms with Crippen molar-refractivity contribution in [2.75, 3.05) is 20.3 Å². The zero-order chi connectivity index (χ0) is 9.97. The van der Waals surface area contributed by atoms with Crippen LogP contribution in [0.2, 0.25) is 0 Å². The van der Waals surface area contributed by atoms with Crippen molar-refractivity contribution in [1.82, 2.24) is 9.97 Å². The fraction of sp³-hybridized carbons (Fsp3) is 0.500. The summed E-state index contributed by atoms with van der Waals surface area (Å²) in [6.45, 7) is 1.05. The average Bonchev–Trinajstić information content (AvgIpc) is 2.11. The summed E-state index contributed by atoms with van der Waals surface area (Å²) < 4.78 is 15.2. The van der Waals surface area contributed by atoms with Crippen LogP contribution in [-0.2, 0) is 4.74 Å². The number of hydrogen-bond acceptors (Lipinski definition) is 5. The van der Waals surface area contributed by atoms with Crippen LogP contribution in [0.4, 0.5) is 0 Å². The minimum Gasteiger partial charge on any atom is -0.487 e. The topological polar surface area (TPSA) is 73.4 Å². The van der Waals surface area contributed by atoms with Crippen LogP contribution in [0.5, 0.6) is 11.6 Å². The van der Waals surface area contributed by atoms with Crippen LogP contribution in [-0.4, -0.2) is 36.4 Å². The summed E-state index contributed by atoms with van der Waals surface area (Å²) in [6, 6.07) is 0. The number of aromatic nitrogens is 2. The van der Waals surface area contributed by atoms with Crippen LogP contribution in [0.3, 0.4) is 0 Å². The van der Waals surface area contributed by atoms with Gasteiger partial charge in [0.1, 0.15) is 6.10 Å². The number of hydrogen-bond donors (Lipinski definition) is 1. The maximum absolute atomic E-state index is 11.2. The van der Waals surface area contributed by atoms with E-state index >= 15 is 0 Å². The van der Waals surface area contributed by atoms with E-state index in [4.69, 9.17) is 14.2 Å².